The van der Waals surface area contributed by atoms with Gasteiger partial charge in [0.25, 0.3) is 0 Å². The largest absolute Gasteiger partial charge is 1.00 e. The van der Waals surface area contributed by atoms with E-state index in [1.165, 1.54) is 5.32 Å². The van der Waals surface area contributed by atoms with Crippen LogP contribution in [0, 0.1) is 0 Å². The number of quaternary nitrogens is 1. The van der Waals surface area contributed by atoms with Crippen molar-refractivity contribution < 1.29 is 22.5 Å². The second-order valence-electron chi connectivity index (χ2n) is 1.71. The molecule has 0 aliphatic carbocycles. The normalized spacial score (nSPS) is 8.00. The summed E-state index contributed by atoms with van der Waals surface area (Å²) in [6.45, 7) is 0. The van der Waals surface area contributed by atoms with E-state index in [1.54, 1.807) is 0 Å². The Morgan fingerprint density at radius 1 is 1.20 bits per heavy atom. The van der Waals surface area contributed by atoms with Crippen LogP contribution in [-0.2, 0) is 4.79 Å². The fourth-order valence-electron chi connectivity index (χ4n) is 0.643. The maximum absolute atomic E-state index is 9.92. The van der Waals surface area contributed by atoms with Crippen LogP contribution in [-0.4, -0.2) is 6.41 Å². The standard InChI is InChI=1S/C7H7NO.ClH/c9-6-8-7-4-2-1-3-5-7;/h1-6H,(H,8,9);1H. The molecule has 54 valence electrons. The maximum atomic E-state index is 9.92. The van der Waals surface area contributed by atoms with E-state index < -0.39 is 0 Å². The zero-order valence-corrected chi connectivity index (χ0v) is 6.08. The first kappa shape index (κ1) is 9.14. The molecule has 0 atom stereocenters. The van der Waals surface area contributed by atoms with Crippen LogP contribution in [0.1, 0.15) is 0 Å². The molecule has 3 heteroatoms. The molecule has 2 N–H and O–H groups in total. The molecule has 0 aliphatic heterocycles. The summed E-state index contributed by atoms with van der Waals surface area (Å²) in [5.74, 6) is 0. The lowest BCUT2D eigenvalue weighted by atomic mass is 10.3. The third-order valence-electron chi connectivity index (χ3n) is 1.06. The average Bonchev–Trinajstić information content (AvgIpc) is 1.91. The van der Waals surface area contributed by atoms with Gasteiger partial charge in [-0.2, -0.15) is 0 Å². The van der Waals surface area contributed by atoms with E-state index in [-0.39, 0.29) is 12.4 Å². The molecule has 0 bridgehead atoms. The van der Waals surface area contributed by atoms with Crippen molar-refractivity contribution in [1.29, 1.82) is 0 Å². The molecule has 0 aliphatic rings. The molecule has 0 heterocycles. The van der Waals surface area contributed by atoms with Crippen LogP contribution in [0.15, 0.2) is 30.3 Å². The number of amides is 1. The third-order valence-corrected chi connectivity index (χ3v) is 1.06. The molecule has 10 heavy (non-hydrogen) atoms. The molecule has 1 amide bonds. The molecule has 0 aromatic heterocycles. The topological polar surface area (TPSA) is 33.7 Å². The summed E-state index contributed by atoms with van der Waals surface area (Å²) in [5.41, 5.74) is 0.951. The van der Waals surface area contributed by atoms with Gasteiger partial charge < -0.3 is 12.4 Å². The molecular formula is C7H8ClNO. The molecule has 0 fully saturated rings. The van der Waals surface area contributed by atoms with Gasteiger partial charge in [0.15, 0.2) is 0 Å². The summed E-state index contributed by atoms with van der Waals surface area (Å²) >= 11 is 0. The number of primary amides is 1. The highest BCUT2D eigenvalue weighted by Gasteiger charge is 1.87. The summed E-state index contributed by atoms with van der Waals surface area (Å²) in [6, 6.07) is 9.48. The highest BCUT2D eigenvalue weighted by atomic mass is 35.5. The quantitative estimate of drug-likeness (QED) is 0.361. The molecule has 0 radical (unpaired) electrons. The molecule has 0 saturated carbocycles. The average molecular weight is 158 g/mol. The summed E-state index contributed by atoms with van der Waals surface area (Å²) in [6.07, 6.45) is 0.787. The van der Waals surface area contributed by atoms with E-state index in [1.807, 2.05) is 30.3 Å². The van der Waals surface area contributed by atoms with Gasteiger partial charge in [0.05, 0.1) is 0 Å². The first-order valence-corrected chi connectivity index (χ1v) is 2.77. The van der Waals surface area contributed by atoms with E-state index in [0.717, 1.165) is 12.1 Å². The molecule has 0 unspecified atom stereocenters. The zero-order valence-electron chi connectivity index (χ0n) is 5.33. The SMILES string of the molecule is O=C[NH2+]c1ccccc1.[Cl-]. The van der Waals surface area contributed by atoms with Gasteiger partial charge in [-0.05, 0) is 12.1 Å². The van der Waals surface area contributed by atoms with Gasteiger partial charge in [-0.3, -0.25) is 5.32 Å². The van der Waals surface area contributed by atoms with Crippen molar-refractivity contribution in [3.05, 3.63) is 30.3 Å². The number of carbonyl (C=O) groups is 1. The summed E-state index contributed by atoms with van der Waals surface area (Å²) in [4.78, 5) is 9.92. The van der Waals surface area contributed by atoms with Crippen molar-refractivity contribution in [1.82, 2.24) is 0 Å². The molecule has 1 aromatic carbocycles. The van der Waals surface area contributed by atoms with Crippen LogP contribution in [0.3, 0.4) is 0 Å². The van der Waals surface area contributed by atoms with Crippen LogP contribution >= 0.6 is 0 Å². The van der Waals surface area contributed by atoms with Crippen molar-refractivity contribution in [2.75, 3.05) is 0 Å². The number of nitrogens with two attached hydrogens (primary N) is 1. The van der Waals surface area contributed by atoms with E-state index >= 15 is 0 Å². The predicted octanol–water partition coefficient (Wildman–Crippen LogP) is -2.96. The molecule has 2 nitrogen and oxygen atoms in total. The van der Waals surface area contributed by atoms with Crippen LogP contribution < -0.4 is 17.7 Å². The minimum atomic E-state index is 0. The minimum Gasteiger partial charge on any atom is -1.00 e. The van der Waals surface area contributed by atoms with Gasteiger partial charge in [-0.1, -0.05) is 18.2 Å². The Bertz CT molecular complexity index is 188. The maximum Gasteiger partial charge on any atom is 0.303 e. The second kappa shape index (κ2) is 4.97. The fraction of sp³-hybridized carbons (Fsp3) is 0. The number of para-hydroxylation sites is 1. The lowest BCUT2D eigenvalue weighted by Crippen LogP contribution is -3.00. The Labute approximate surface area is 65.7 Å². The second-order valence-corrected chi connectivity index (χ2v) is 1.71. The zero-order chi connectivity index (χ0) is 6.53. The Morgan fingerprint density at radius 2 is 1.80 bits per heavy atom. The highest BCUT2D eigenvalue weighted by molar-refractivity contribution is 5.40. The van der Waals surface area contributed by atoms with Gasteiger partial charge >= 0.3 is 6.41 Å². The highest BCUT2D eigenvalue weighted by Crippen LogP contribution is 1.94. The molecule has 1 rings (SSSR count). The van der Waals surface area contributed by atoms with Crippen molar-refractivity contribution >= 4 is 12.1 Å². The van der Waals surface area contributed by atoms with Gasteiger partial charge in [0.2, 0.25) is 0 Å². The molecule has 0 saturated heterocycles. The van der Waals surface area contributed by atoms with Crippen LogP contribution in [0.25, 0.3) is 0 Å². The molecular weight excluding hydrogens is 150 g/mol. The van der Waals surface area contributed by atoms with Crippen LogP contribution in [0.2, 0.25) is 0 Å². The smallest absolute Gasteiger partial charge is 0.303 e. The van der Waals surface area contributed by atoms with Gasteiger partial charge in [-0.25, -0.2) is 4.79 Å². The molecule has 1 aromatic rings. The molecule has 0 spiro atoms. The Morgan fingerprint density at radius 3 is 2.30 bits per heavy atom. The van der Waals surface area contributed by atoms with Crippen molar-refractivity contribution in [2.24, 2.45) is 0 Å². The predicted molar refractivity (Wildman–Crippen MR) is 34.1 cm³/mol. The number of hydrogen-bond donors (Lipinski definition) is 1. The lowest BCUT2D eigenvalue weighted by Gasteiger charge is -1.86. The van der Waals surface area contributed by atoms with Crippen molar-refractivity contribution in [2.45, 2.75) is 0 Å². The first-order chi connectivity index (χ1) is 4.43. The van der Waals surface area contributed by atoms with Crippen LogP contribution in [0.4, 0.5) is 5.69 Å². The number of halogens is 1. The van der Waals surface area contributed by atoms with Crippen molar-refractivity contribution in [3.63, 3.8) is 0 Å². The lowest BCUT2D eigenvalue weighted by molar-refractivity contribution is -0.466. The Hall–Kier alpha value is -0.860. The van der Waals surface area contributed by atoms with Gasteiger partial charge in [-0.15, -0.1) is 0 Å². The van der Waals surface area contributed by atoms with Gasteiger partial charge in [0.1, 0.15) is 5.69 Å². The van der Waals surface area contributed by atoms with E-state index in [0.29, 0.717) is 0 Å². The Balaban J connectivity index is 0.000000810. The monoisotopic (exact) mass is 157 g/mol. The van der Waals surface area contributed by atoms with E-state index in [2.05, 4.69) is 0 Å². The summed E-state index contributed by atoms with van der Waals surface area (Å²) < 4.78 is 0. The third kappa shape index (κ3) is 2.62. The number of benzene rings is 1. The summed E-state index contributed by atoms with van der Waals surface area (Å²) in [5, 5.41) is 1.53. The number of rotatable bonds is 2. The van der Waals surface area contributed by atoms with Crippen LogP contribution in [0.5, 0.6) is 0 Å². The number of hydrogen-bond acceptors (Lipinski definition) is 1. The fourth-order valence-corrected chi connectivity index (χ4v) is 0.643. The van der Waals surface area contributed by atoms with Gasteiger partial charge in [0, 0.05) is 0 Å². The minimum absolute atomic E-state index is 0. The summed E-state index contributed by atoms with van der Waals surface area (Å²) in [7, 11) is 0. The van der Waals surface area contributed by atoms with Crippen molar-refractivity contribution in [3.8, 4) is 0 Å². The van der Waals surface area contributed by atoms with E-state index in [4.69, 9.17) is 0 Å². The number of carbonyl (C=O) groups excluding carboxylic acids is 1. The van der Waals surface area contributed by atoms with E-state index in [9.17, 15) is 4.79 Å². The first-order valence-electron chi connectivity index (χ1n) is 2.77. The Kier molecular flexibility index (Phi) is 4.54.